The Morgan fingerprint density at radius 1 is 1.31 bits per heavy atom. The molecular formula is C13H26N2O. The summed E-state index contributed by atoms with van der Waals surface area (Å²) in [6, 6.07) is 0.362. The molecular weight excluding hydrogens is 200 g/mol. The van der Waals surface area contributed by atoms with Gasteiger partial charge in [0, 0.05) is 18.5 Å². The van der Waals surface area contributed by atoms with Crippen molar-refractivity contribution >= 4 is 5.91 Å². The first-order valence-electron chi connectivity index (χ1n) is 6.63. The first-order valence-corrected chi connectivity index (χ1v) is 6.63. The van der Waals surface area contributed by atoms with E-state index in [1.807, 2.05) is 13.8 Å². The van der Waals surface area contributed by atoms with Crippen molar-refractivity contribution in [3.05, 3.63) is 0 Å². The Morgan fingerprint density at radius 3 is 2.50 bits per heavy atom. The van der Waals surface area contributed by atoms with Gasteiger partial charge in [-0.05, 0) is 39.0 Å². The van der Waals surface area contributed by atoms with Crippen LogP contribution in [0.15, 0.2) is 0 Å². The molecule has 3 nitrogen and oxygen atoms in total. The average molecular weight is 226 g/mol. The number of carbonyl (C=O) groups excluding carboxylic acids is 1. The molecule has 1 saturated carbocycles. The van der Waals surface area contributed by atoms with Crippen molar-refractivity contribution in [2.24, 2.45) is 11.7 Å². The number of hydrogen-bond acceptors (Lipinski definition) is 2. The Hall–Kier alpha value is -0.570. The van der Waals surface area contributed by atoms with Crippen LogP contribution in [0.2, 0.25) is 0 Å². The maximum absolute atomic E-state index is 11.8. The van der Waals surface area contributed by atoms with Gasteiger partial charge in [0.1, 0.15) is 0 Å². The van der Waals surface area contributed by atoms with Gasteiger partial charge in [-0.25, -0.2) is 0 Å². The second kappa shape index (κ2) is 6.89. The van der Waals surface area contributed by atoms with Crippen molar-refractivity contribution in [2.75, 3.05) is 0 Å². The van der Waals surface area contributed by atoms with Crippen LogP contribution in [0.3, 0.4) is 0 Å². The third kappa shape index (κ3) is 5.50. The summed E-state index contributed by atoms with van der Waals surface area (Å²) in [5.41, 5.74) is 5.70. The van der Waals surface area contributed by atoms with Crippen LogP contribution in [0.25, 0.3) is 0 Å². The first-order chi connectivity index (χ1) is 7.58. The van der Waals surface area contributed by atoms with E-state index in [2.05, 4.69) is 5.32 Å². The summed E-state index contributed by atoms with van der Waals surface area (Å²) in [5.74, 6) is 0.830. The standard InChI is InChI=1S/C13H26N2O/c1-10(14)8-11(2)15-13(16)9-12-6-4-3-5-7-12/h10-12H,3-9,14H2,1-2H3,(H,15,16). The highest BCUT2D eigenvalue weighted by molar-refractivity contribution is 5.76. The minimum atomic E-state index is 0.157. The molecule has 0 heterocycles. The average Bonchev–Trinajstić information content (AvgIpc) is 2.17. The van der Waals surface area contributed by atoms with Crippen molar-refractivity contribution < 1.29 is 4.79 Å². The number of hydrogen-bond donors (Lipinski definition) is 2. The van der Waals surface area contributed by atoms with Crippen LogP contribution in [-0.4, -0.2) is 18.0 Å². The Kier molecular flexibility index (Phi) is 5.81. The zero-order valence-electron chi connectivity index (χ0n) is 10.7. The predicted octanol–water partition coefficient (Wildman–Crippen LogP) is 2.20. The van der Waals surface area contributed by atoms with Crippen LogP contribution in [-0.2, 0) is 4.79 Å². The van der Waals surface area contributed by atoms with Gasteiger partial charge in [0.05, 0.1) is 0 Å². The molecule has 0 aliphatic heterocycles. The Morgan fingerprint density at radius 2 is 1.94 bits per heavy atom. The van der Waals surface area contributed by atoms with Crippen molar-refractivity contribution in [1.82, 2.24) is 5.32 Å². The van der Waals surface area contributed by atoms with E-state index in [4.69, 9.17) is 5.73 Å². The SMILES string of the molecule is CC(N)CC(C)NC(=O)CC1CCCCC1. The van der Waals surface area contributed by atoms with Gasteiger partial charge in [0.25, 0.3) is 0 Å². The summed E-state index contributed by atoms with van der Waals surface area (Å²) < 4.78 is 0. The molecule has 1 fully saturated rings. The van der Waals surface area contributed by atoms with Gasteiger partial charge in [0.2, 0.25) is 5.91 Å². The van der Waals surface area contributed by atoms with Crippen LogP contribution < -0.4 is 11.1 Å². The lowest BCUT2D eigenvalue weighted by Crippen LogP contribution is -2.37. The number of amides is 1. The molecule has 16 heavy (non-hydrogen) atoms. The van der Waals surface area contributed by atoms with Gasteiger partial charge in [-0.15, -0.1) is 0 Å². The summed E-state index contributed by atoms with van der Waals surface area (Å²) in [6.07, 6.45) is 7.98. The van der Waals surface area contributed by atoms with E-state index in [0.29, 0.717) is 12.3 Å². The number of carbonyl (C=O) groups is 1. The summed E-state index contributed by atoms with van der Waals surface area (Å²) in [6.45, 7) is 4.01. The first kappa shape index (κ1) is 13.5. The van der Waals surface area contributed by atoms with Crippen molar-refractivity contribution in [1.29, 1.82) is 0 Å². The van der Waals surface area contributed by atoms with Gasteiger partial charge in [0.15, 0.2) is 0 Å². The third-order valence-electron chi connectivity index (χ3n) is 3.33. The molecule has 0 bridgehead atoms. The monoisotopic (exact) mass is 226 g/mol. The lowest BCUT2D eigenvalue weighted by Gasteiger charge is -2.22. The van der Waals surface area contributed by atoms with E-state index < -0.39 is 0 Å². The van der Waals surface area contributed by atoms with Crippen LogP contribution in [0.1, 0.15) is 58.8 Å². The fourth-order valence-electron chi connectivity index (χ4n) is 2.60. The molecule has 0 aromatic carbocycles. The topological polar surface area (TPSA) is 55.1 Å². The molecule has 2 unspecified atom stereocenters. The third-order valence-corrected chi connectivity index (χ3v) is 3.33. The van der Waals surface area contributed by atoms with Gasteiger partial charge >= 0.3 is 0 Å². The molecule has 0 radical (unpaired) electrons. The maximum atomic E-state index is 11.8. The molecule has 0 saturated heterocycles. The van der Waals surface area contributed by atoms with Gasteiger partial charge in [-0.1, -0.05) is 19.3 Å². The van der Waals surface area contributed by atoms with E-state index in [-0.39, 0.29) is 18.0 Å². The van der Waals surface area contributed by atoms with Crippen LogP contribution in [0.5, 0.6) is 0 Å². The van der Waals surface area contributed by atoms with Crippen LogP contribution in [0.4, 0.5) is 0 Å². The molecule has 0 aromatic rings. The van der Waals surface area contributed by atoms with Crippen molar-refractivity contribution in [3.63, 3.8) is 0 Å². The van der Waals surface area contributed by atoms with Crippen molar-refractivity contribution in [3.8, 4) is 0 Å². The molecule has 2 atom stereocenters. The number of nitrogens with two attached hydrogens (primary N) is 1. The maximum Gasteiger partial charge on any atom is 0.220 e. The van der Waals surface area contributed by atoms with Gasteiger partial charge in [-0.3, -0.25) is 4.79 Å². The van der Waals surface area contributed by atoms with Gasteiger partial charge < -0.3 is 11.1 Å². The summed E-state index contributed by atoms with van der Waals surface area (Å²) in [5, 5.41) is 3.04. The largest absolute Gasteiger partial charge is 0.354 e. The molecule has 1 rings (SSSR count). The second-order valence-corrected chi connectivity index (χ2v) is 5.39. The minimum absolute atomic E-state index is 0.157. The molecule has 1 aliphatic rings. The highest BCUT2D eigenvalue weighted by Crippen LogP contribution is 2.26. The second-order valence-electron chi connectivity index (χ2n) is 5.39. The summed E-state index contributed by atoms with van der Waals surface area (Å²) in [7, 11) is 0. The van der Waals surface area contributed by atoms with E-state index in [1.165, 1.54) is 32.1 Å². The molecule has 0 aromatic heterocycles. The van der Waals surface area contributed by atoms with E-state index in [0.717, 1.165) is 6.42 Å². The summed E-state index contributed by atoms with van der Waals surface area (Å²) >= 11 is 0. The van der Waals surface area contributed by atoms with Crippen LogP contribution >= 0.6 is 0 Å². The minimum Gasteiger partial charge on any atom is -0.354 e. The van der Waals surface area contributed by atoms with Gasteiger partial charge in [-0.2, -0.15) is 0 Å². The number of rotatable bonds is 5. The Labute approximate surface area is 99.2 Å². The summed E-state index contributed by atoms with van der Waals surface area (Å²) in [4.78, 5) is 11.8. The number of nitrogens with one attached hydrogen (secondary N) is 1. The molecule has 3 heteroatoms. The Bertz CT molecular complexity index is 210. The molecule has 1 amide bonds. The normalized spacial score (nSPS) is 21.4. The highest BCUT2D eigenvalue weighted by atomic mass is 16.1. The smallest absolute Gasteiger partial charge is 0.220 e. The lowest BCUT2D eigenvalue weighted by atomic mass is 9.87. The molecule has 94 valence electrons. The van der Waals surface area contributed by atoms with E-state index in [9.17, 15) is 4.79 Å². The molecule has 3 N–H and O–H groups in total. The van der Waals surface area contributed by atoms with Crippen LogP contribution in [0, 0.1) is 5.92 Å². The van der Waals surface area contributed by atoms with E-state index in [1.54, 1.807) is 0 Å². The fraction of sp³-hybridized carbons (Fsp3) is 0.923. The quantitative estimate of drug-likeness (QED) is 0.755. The molecule has 0 spiro atoms. The lowest BCUT2D eigenvalue weighted by molar-refractivity contribution is -0.122. The van der Waals surface area contributed by atoms with E-state index >= 15 is 0 Å². The zero-order chi connectivity index (χ0) is 12.0. The fourth-order valence-corrected chi connectivity index (χ4v) is 2.60. The van der Waals surface area contributed by atoms with Crippen molar-refractivity contribution in [2.45, 2.75) is 70.9 Å². The Balaban J connectivity index is 2.18. The predicted molar refractivity (Wildman–Crippen MR) is 67.1 cm³/mol. The zero-order valence-corrected chi connectivity index (χ0v) is 10.7. The highest BCUT2D eigenvalue weighted by Gasteiger charge is 2.18. The molecule has 1 aliphatic carbocycles.